The van der Waals surface area contributed by atoms with Gasteiger partial charge in [0.25, 0.3) is 0 Å². The monoisotopic (exact) mass is 259 g/mol. The van der Waals surface area contributed by atoms with E-state index < -0.39 is 0 Å². The van der Waals surface area contributed by atoms with E-state index in [1.54, 1.807) is 6.07 Å². The van der Waals surface area contributed by atoms with Crippen LogP contribution in [0.15, 0.2) is 30.5 Å². The molecule has 0 aliphatic carbocycles. The van der Waals surface area contributed by atoms with E-state index in [0.717, 1.165) is 5.56 Å². The van der Waals surface area contributed by atoms with Crippen LogP contribution in [0.5, 0.6) is 11.6 Å². The first-order valence-corrected chi connectivity index (χ1v) is 5.59. The Hall–Kier alpha value is -2.25. The highest BCUT2D eigenvalue weighted by atomic mass is 35.5. The van der Waals surface area contributed by atoms with Crippen LogP contribution in [0.2, 0.25) is 5.02 Å². The van der Waals surface area contributed by atoms with Gasteiger partial charge >= 0.3 is 0 Å². The Balaban J connectivity index is 2.44. The molecule has 1 aromatic heterocycles. The molecule has 4 nitrogen and oxygen atoms in total. The zero-order valence-corrected chi connectivity index (χ0v) is 10.4. The van der Waals surface area contributed by atoms with Gasteiger partial charge < -0.3 is 10.5 Å². The predicted molar refractivity (Wildman–Crippen MR) is 69.6 cm³/mol. The van der Waals surface area contributed by atoms with Gasteiger partial charge in [-0.1, -0.05) is 23.7 Å². The Morgan fingerprint density at radius 2 is 2.17 bits per heavy atom. The van der Waals surface area contributed by atoms with E-state index in [-0.39, 0.29) is 10.9 Å². The van der Waals surface area contributed by atoms with Crippen molar-refractivity contribution in [2.75, 3.05) is 5.73 Å². The lowest BCUT2D eigenvalue weighted by atomic mass is 10.2. The van der Waals surface area contributed by atoms with Crippen molar-refractivity contribution in [3.05, 3.63) is 46.6 Å². The number of nitrogen functional groups attached to an aromatic ring is 1. The molecule has 0 aliphatic heterocycles. The highest BCUT2D eigenvalue weighted by molar-refractivity contribution is 6.33. The van der Waals surface area contributed by atoms with E-state index in [0.29, 0.717) is 17.0 Å². The number of aromatic nitrogens is 1. The molecule has 2 rings (SSSR count). The molecule has 1 heterocycles. The second-order valence-electron chi connectivity index (χ2n) is 3.68. The first-order valence-electron chi connectivity index (χ1n) is 5.21. The second kappa shape index (κ2) is 4.94. The fourth-order valence-electron chi connectivity index (χ4n) is 1.49. The summed E-state index contributed by atoms with van der Waals surface area (Å²) >= 11 is 6.01. The molecule has 0 atom stereocenters. The largest absolute Gasteiger partial charge is 0.435 e. The van der Waals surface area contributed by atoms with Crippen molar-refractivity contribution in [2.45, 2.75) is 6.92 Å². The van der Waals surface area contributed by atoms with Gasteiger partial charge in [0.1, 0.15) is 11.1 Å². The highest BCUT2D eigenvalue weighted by Gasteiger charge is 2.12. The minimum absolute atomic E-state index is 0.178. The summed E-state index contributed by atoms with van der Waals surface area (Å²) in [6.45, 7) is 1.87. The molecular formula is C13H10ClN3O. The van der Waals surface area contributed by atoms with Gasteiger partial charge in [-0.15, -0.1) is 0 Å². The molecular weight excluding hydrogens is 250 g/mol. The Morgan fingerprint density at radius 1 is 1.39 bits per heavy atom. The number of nitrogens with two attached hydrogens (primary N) is 1. The minimum atomic E-state index is 0.178. The fourth-order valence-corrected chi connectivity index (χ4v) is 1.69. The van der Waals surface area contributed by atoms with Gasteiger partial charge in [0.05, 0.1) is 11.3 Å². The lowest BCUT2D eigenvalue weighted by molar-refractivity contribution is 0.462. The Bertz CT molecular complexity index is 614. The first kappa shape index (κ1) is 12.2. The van der Waals surface area contributed by atoms with Crippen molar-refractivity contribution in [3.8, 4) is 17.7 Å². The number of nitriles is 1. The summed E-state index contributed by atoms with van der Waals surface area (Å²) < 4.78 is 5.59. The minimum Gasteiger partial charge on any atom is -0.435 e. The Morgan fingerprint density at radius 3 is 2.83 bits per heavy atom. The topological polar surface area (TPSA) is 71.9 Å². The van der Waals surface area contributed by atoms with Gasteiger partial charge in [0.15, 0.2) is 5.75 Å². The zero-order valence-electron chi connectivity index (χ0n) is 9.64. The number of anilines is 1. The third kappa shape index (κ3) is 2.22. The summed E-state index contributed by atoms with van der Waals surface area (Å²) in [6, 6.07) is 8.92. The van der Waals surface area contributed by atoms with Crippen molar-refractivity contribution in [1.29, 1.82) is 5.26 Å². The number of pyridine rings is 1. The molecule has 0 aliphatic rings. The van der Waals surface area contributed by atoms with E-state index in [2.05, 4.69) is 4.98 Å². The van der Waals surface area contributed by atoms with E-state index in [9.17, 15) is 0 Å². The summed E-state index contributed by atoms with van der Waals surface area (Å²) in [6.07, 6.45) is 1.47. The summed E-state index contributed by atoms with van der Waals surface area (Å²) in [4.78, 5) is 4.00. The smallest absolute Gasteiger partial charge is 0.239 e. The van der Waals surface area contributed by atoms with Crippen LogP contribution >= 0.6 is 11.6 Å². The first-order chi connectivity index (χ1) is 8.63. The Kier molecular flexibility index (Phi) is 3.35. The number of hydrogen-bond donors (Lipinski definition) is 1. The van der Waals surface area contributed by atoms with Crippen molar-refractivity contribution < 1.29 is 4.74 Å². The maximum absolute atomic E-state index is 8.88. The van der Waals surface area contributed by atoms with Crippen LogP contribution in [0, 0.1) is 18.3 Å². The fraction of sp³-hybridized carbons (Fsp3) is 0.0769. The normalized spacial score (nSPS) is 9.83. The maximum Gasteiger partial charge on any atom is 0.239 e. The van der Waals surface area contributed by atoms with E-state index in [4.69, 9.17) is 27.3 Å². The quantitative estimate of drug-likeness (QED) is 0.840. The average Bonchev–Trinajstić information content (AvgIpc) is 2.36. The number of ether oxygens (including phenoxy) is 1. The molecule has 0 bridgehead atoms. The third-order valence-corrected chi connectivity index (χ3v) is 2.78. The molecule has 0 fully saturated rings. The number of nitrogens with zero attached hydrogens (tertiary/aromatic N) is 2. The maximum atomic E-state index is 8.88. The van der Waals surface area contributed by atoms with Crippen LogP contribution in [0.4, 0.5) is 5.69 Å². The third-order valence-electron chi connectivity index (χ3n) is 2.42. The number of hydrogen-bond acceptors (Lipinski definition) is 4. The summed E-state index contributed by atoms with van der Waals surface area (Å²) in [5.41, 5.74) is 7.51. The highest BCUT2D eigenvalue weighted by Crippen LogP contribution is 2.34. The molecule has 2 aromatic rings. The number of benzene rings is 1. The lowest BCUT2D eigenvalue weighted by Gasteiger charge is -2.11. The molecule has 5 heteroatoms. The molecule has 0 amide bonds. The van der Waals surface area contributed by atoms with Crippen LogP contribution in [0.3, 0.4) is 0 Å². The molecule has 0 unspecified atom stereocenters. The van der Waals surface area contributed by atoms with Crippen molar-refractivity contribution >= 4 is 17.3 Å². The van der Waals surface area contributed by atoms with E-state index in [1.165, 1.54) is 12.3 Å². The lowest BCUT2D eigenvalue weighted by Crippen LogP contribution is -1.97. The SMILES string of the molecule is Cc1cccc(N)c1Oc1nccc(C#N)c1Cl. The van der Waals surface area contributed by atoms with Gasteiger partial charge in [-0.05, 0) is 24.6 Å². The molecule has 0 radical (unpaired) electrons. The van der Waals surface area contributed by atoms with Crippen LogP contribution in [0.1, 0.15) is 11.1 Å². The molecule has 0 saturated heterocycles. The summed E-state index contributed by atoms with van der Waals surface area (Å²) in [7, 11) is 0. The number of rotatable bonds is 2. The van der Waals surface area contributed by atoms with Crippen LogP contribution in [0.25, 0.3) is 0 Å². The van der Waals surface area contributed by atoms with Crippen molar-refractivity contribution in [3.63, 3.8) is 0 Å². The van der Waals surface area contributed by atoms with Gasteiger partial charge in [-0.25, -0.2) is 4.98 Å². The number of halogens is 1. The number of aryl methyl sites for hydroxylation is 1. The molecule has 0 saturated carbocycles. The molecule has 2 N–H and O–H groups in total. The van der Waals surface area contributed by atoms with Crippen molar-refractivity contribution in [1.82, 2.24) is 4.98 Å². The zero-order chi connectivity index (χ0) is 13.1. The van der Waals surface area contributed by atoms with Crippen LogP contribution in [-0.4, -0.2) is 4.98 Å². The summed E-state index contributed by atoms with van der Waals surface area (Å²) in [5.74, 6) is 0.679. The van der Waals surface area contributed by atoms with E-state index in [1.807, 2.05) is 25.1 Å². The molecule has 90 valence electrons. The Labute approximate surface area is 110 Å². The van der Waals surface area contributed by atoms with Gasteiger partial charge in [0, 0.05) is 6.20 Å². The van der Waals surface area contributed by atoms with Crippen LogP contribution < -0.4 is 10.5 Å². The summed E-state index contributed by atoms with van der Waals surface area (Å²) in [5, 5.41) is 9.06. The standard InChI is InChI=1S/C13H10ClN3O/c1-8-3-2-4-10(16)12(8)18-13-11(14)9(7-15)5-6-17-13/h2-6H,16H2,1H3. The van der Waals surface area contributed by atoms with Crippen molar-refractivity contribution in [2.24, 2.45) is 0 Å². The van der Waals surface area contributed by atoms with Gasteiger partial charge in [0.2, 0.25) is 5.88 Å². The number of para-hydroxylation sites is 1. The molecule has 18 heavy (non-hydrogen) atoms. The molecule has 0 spiro atoms. The second-order valence-corrected chi connectivity index (χ2v) is 4.06. The van der Waals surface area contributed by atoms with Gasteiger partial charge in [-0.2, -0.15) is 5.26 Å². The van der Waals surface area contributed by atoms with E-state index >= 15 is 0 Å². The molecule has 1 aromatic carbocycles. The van der Waals surface area contributed by atoms with Crippen LogP contribution in [-0.2, 0) is 0 Å². The predicted octanol–water partition coefficient (Wildman–Crippen LogP) is 3.29. The van der Waals surface area contributed by atoms with Gasteiger partial charge in [-0.3, -0.25) is 0 Å². The average molecular weight is 260 g/mol.